The van der Waals surface area contributed by atoms with Gasteiger partial charge in [-0.2, -0.15) is 0 Å². The first kappa shape index (κ1) is 24.9. The van der Waals surface area contributed by atoms with E-state index in [9.17, 15) is 22.8 Å². The Labute approximate surface area is 202 Å². The summed E-state index contributed by atoms with van der Waals surface area (Å²) in [5.41, 5.74) is 0.793. The minimum Gasteiger partial charge on any atom is -0.352 e. The Morgan fingerprint density at radius 1 is 1.09 bits per heavy atom. The summed E-state index contributed by atoms with van der Waals surface area (Å²) in [6, 6.07) is 12.1. The summed E-state index contributed by atoms with van der Waals surface area (Å²) in [6.07, 6.45) is 0.720. The molecule has 0 unspecified atom stereocenters. The molecule has 33 heavy (non-hydrogen) atoms. The van der Waals surface area contributed by atoms with Crippen LogP contribution in [0.15, 0.2) is 57.9 Å². The maximum absolute atomic E-state index is 13.3. The molecule has 10 heteroatoms. The van der Waals surface area contributed by atoms with Gasteiger partial charge in [-0.05, 0) is 50.1 Å². The lowest BCUT2D eigenvalue weighted by molar-refractivity contribution is -0.140. The van der Waals surface area contributed by atoms with E-state index in [2.05, 4.69) is 21.2 Å². The Morgan fingerprint density at radius 2 is 1.73 bits per heavy atom. The van der Waals surface area contributed by atoms with Crippen LogP contribution in [0, 0.1) is 0 Å². The van der Waals surface area contributed by atoms with Gasteiger partial charge in [0.2, 0.25) is 11.8 Å². The van der Waals surface area contributed by atoms with Gasteiger partial charge in [0.1, 0.15) is 17.5 Å². The molecule has 3 rings (SSSR count). The third-order valence-corrected chi connectivity index (χ3v) is 7.94. The lowest BCUT2D eigenvalue weighted by Crippen LogP contribution is -2.52. The van der Waals surface area contributed by atoms with Crippen molar-refractivity contribution in [3.05, 3.63) is 64.1 Å². The number of rotatable bonds is 8. The van der Waals surface area contributed by atoms with Crippen molar-refractivity contribution in [1.82, 2.24) is 14.5 Å². The van der Waals surface area contributed by atoms with Gasteiger partial charge in [-0.3, -0.25) is 14.4 Å². The van der Waals surface area contributed by atoms with Gasteiger partial charge in [-0.25, -0.2) is 12.7 Å². The van der Waals surface area contributed by atoms with Crippen LogP contribution in [0.5, 0.6) is 0 Å². The van der Waals surface area contributed by atoms with Crippen molar-refractivity contribution >= 4 is 43.7 Å². The van der Waals surface area contributed by atoms with E-state index in [1.807, 2.05) is 26.0 Å². The van der Waals surface area contributed by atoms with E-state index in [0.717, 1.165) is 16.5 Å². The normalized spacial score (nSPS) is 16.1. The number of hydrogen-bond acceptors (Lipinski definition) is 5. The van der Waals surface area contributed by atoms with E-state index < -0.39 is 34.4 Å². The minimum atomic E-state index is -4.14. The molecule has 8 nitrogen and oxygen atoms in total. The van der Waals surface area contributed by atoms with Crippen molar-refractivity contribution < 1.29 is 22.8 Å². The van der Waals surface area contributed by atoms with E-state index >= 15 is 0 Å². The van der Waals surface area contributed by atoms with Crippen LogP contribution in [-0.2, 0) is 26.2 Å². The van der Waals surface area contributed by atoms with Crippen molar-refractivity contribution in [1.29, 1.82) is 0 Å². The highest BCUT2D eigenvalue weighted by Crippen LogP contribution is 2.30. The molecular weight excluding hydrogens is 510 g/mol. The van der Waals surface area contributed by atoms with Crippen molar-refractivity contribution in [2.24, 2.45) is 0 Å². The quantitative estimate of drug-likeness (QED) is 0.559. The highest BCUT2D eigenvalue weighted by Gasteiger charge is 2.43. The molecule has 1 aliphatic heterocycles. The molecule has 176 valence electrons. The molecule has 0 spiro atoms. The Morgan fingerprint density at radius 3 is 2.33 bits per heavy atom. The van der Waals surface area contributed by atoms with Gasteiger partial charge in [0, 0.05) is 17.1 Å². The van der Waals surface area contributed by atoms with Gasteiger partial charge in [0.25, 0.3) is 15.9 Å². The fourth-order valence-corrected chi connectivity index (χ4v) is 5.22. The number of amides is 3. The molecule has 2 aromatic rings. The van der Waals surface area contributed by atoms with E-state index in [0.29, 0.717) is 4.31 Å². The summed E-state index contributed by atoms with van der Waals surface area (Å²) < 4.78 is 27.2. The lowest BCUT2D eigenvalue weighted by Gasteiger charge is -2.30. The van der Waals surface area contributed by atoms with Gasteiger partial charge in [-0.15, -0.1) is 0 Å². The van der Waals surface area contributed by atoms with Gasteiger partial charge in [0.15, 0.2) is 0 Å². The van der Waals surface area contributed by atoms with Crippen molar-refractivity contribution in [2.45, 2.75) is 50.7 Å². The molecule has 2 atom stereocenters. The third-order valence-electron chi connectivity index (χ3n) is 5.63. The molecule has 0 aromatic heterocycles. The summed E-state index contributed by atoms with van der Waals surface area (Å²) in [4.78, 5) is 40.1. The van der Waals surface area contributed by atoms with Gasteiger partial charge < -0.3 is 10.2 Å². The molecule has 0 fully saturated rings. The Kier molecular flexibility index (Phi) is 7.58. The maximum Gasteiger partial charge on any atom is 0.269 e. The summed E-state index contributed by atoms with van der Waals surface area (Å²) in [6.45, 7) is 4.77. The number of nitrogens with zero attached hydrogens (tertiary/aromatic N) is 2. The van der Waals surface area contributed by atoms with E-state index in [1.165, 1.54) is 23.1 Å². The second-order valence-corrected chi connectivity index (χ2v) is 10.7. The molecule has 2 aromatic carbocycles. The zero-order valence-electron chi connectivity index (χ0n) is 18.6. The molecule has 3 amide bonds. The summed E-state index contributed by atoms with van der Waals surface area (Å²) in [5, 5.41) is 2.85. The molecule has 0 saturated heterocycles. The number of carbonyl (C=O) groups excluding carboxylic acids is 3. The van der Waals surface area contributed by atoms with Gasteiger partial charge in [-0.1, -0.05) is 47.1 Å². The molecule has 0 bridgehead atoms. The molecular formula is C23H26BrN3O5S. The maximum atomic E-state index is 13.3. The number of nitrogens with one attached hydrogen (secondary N) is 1. The smallest absolute Gasteiger partial charge is 0.269 e. The molecule has 0 aliphatic carbocycles. The summed E-state index contributed by atoms with van der Waals surface area (Å²) in [5.74, 6) is -1.75. The fraction of sp³-hybridized carbons (Fsp3) is 0.348. The monoisotopic (exact) mass is 535 g/mol. The molecule has 1 N–H and O–H groups in total. The Hall–Kier alpha value is -2.72. The highest BCUT2D eigenvalue weighted by molar-refractivity contribution is 9.10. The van der Waals surface area contributed by atoms with E-state index in [-0.39, 0.29) is 29.0 Å². The average molecular weight is 536 g/mol. The van der Waals surface area contributed by atoms with Crippen LogP contribution < -0.4 is 5.32 Å². The van der Waals surface area contributed by atoms with Crippen molar-refractivity contribution in [2.75, 3.05) is 6.54 Å². The number of fused-ring (bicyclic) bond motifs is 1. The number of halogens is 1. The molecule has 1 heterocycles. The Bertz CT molecular complexity index is 1170. The number of carbonyl (C=O) groups is 3. The second kappa shape index (κ2) is 10.0. The number of hydrogen-bond donors (Lipinski definition) is 1. The van der Waals surface area contributed by atoms with E-state index in [4.69, 9.17) is 0 Å². The molecule has 1 aliphatic rings. The van der Waals surface area contributed by atoms with Crippen molar-refractivity contribution in [3.63, 3.8) is 0 Å². The van der Waals surface area contributed by atoms with E-state index in [1.54, 1.807) is 25.1 Å². The largest absolute Gasteiger partial charge is 0.352 e. The first-order chi connectivity index (χ1) is 15.6. The predicted octanol–water partition coefficient (Wildman–Crippen LogP) is 2.93. The topological polar surface area (TPSA) is 104 Å². The molecule has 0 saturated carbocycles. The second-order valence-electron chi connectivity index (χ2n) is 7.95. The van der Waals surface area contributed by atoms with Crippen LogP contribution in [0.2, 0.25) is 0 Å². The zero-order chi connectivity index (χ0) is 24.3. The minimum absolute atomic E-state index is 0.0346. The number of benzene rings is 2. The van der Waals surface area contributed by atoms with Gasteiger partial charge in [0.05, 0.1) is 5.56 Å². The van der Waals surface area contributed by atoms with Crippen LogP contribution in [0.25, 0.3) is 0 Å². The van der Waals surface area contributed by atoms with Crippen LogP contribution >= 0.6 is 15.9 Å². The van der Waals surface area contributed by atoms with Crippen LogP contribution in [0.3, 0.4) is 0 Å². The SMILES string of the molecule is CC[C@H](C)NC(=O)[C@H](C)N(Cc1ccc(Br)cc1)C(=O)CN1C(=O)c2ccccc2S1(=O)=O. The summed E-state index contributed by atoms with van der Waals surface area (Å²) >= 11 is 3.36. The Balaban J connectivity index is 1.88. The fourth-order valence-electron chi connectivity index (χ4n) is 3.44. The molecule has 0 radical (unpaired) electrons. The summed E-state index contributed by atoms with van der Waals surface area (Å²) in [7, 11) is -4.14. The highest BCUT2D eigenvalue weighted by atomic mass is 79.9. The lowest BCUT2D eigenvalue weighted by atomic mass is 10.1. The van der Waals surface area contributed by atoms with Crippen molar-refractivity contribution in [3.8, 4) is 0 Å². The van der Waals surface area contributed by atoms with Crippen LogP contribution in [0.4, 0.5) is 0 Å². The van der Waals surface area contributed by atoms with Gasteiger partial charge >= 0.3 is 0 Å². The number of sulfonamides is 1. The zero-order valence-corrected chi connectivity index (χ0v) is 21.0. The first-order valence-corrected chi connectivity index (χ1v) is 12.8. The third kappa shape index (κ3) is 5.27. The standard InChI is InChI=1S/C23H26BrN3O5S/c1-4-15(2)25-22(29)16(3)26(13-17-9-11-18(24)12-10-17)21(28)14-27-23(30)19-7-5-6-8-20(19)33(27,31)32/h5-12,15-16H,4,13-14H2,1-3H3,(H,25,29)/t15-,16-/m0/s1. The van der Waals surface area contributed by atoms with Crippen LogP contribution in [-0.4, -0.2) is 54.0 Å². The predicted molar refractivity (Wildman–Crippen MR) is 127 cm³/mol. The average Bonchev–Trinajstić information content (AvgIpc) is 2.98. The first-order valence-electron chi connectivity index (χ1n) is 10.6. The van der Waals surface area contributed by atoms with Crippen LogP contribution in [0.1, 0.15) is 43.1 Å².